The van der Waals surface area contributed by atoms with Crippen molar-refractivity contribution in [3.63, 3.8) is 0 Å². The topological polar surface area (TPSA) is 53.5 Å². The minimum absolute atomic E-state index is 0.0278. The van der Waals surface area contributed by atoms with Gasteiger partial charge in [-0.2, -0.15) is 0 Å². The first kappa shape index (κ1) is 18.2. The monoisotopic (exact) mass is 373 g/mol. The van der Waals surface area contributed by atoms with Gasteiger partial charge in [0.15, 0.2) is 0 Å². The Balaban J connectivity index is 1.47. The van der Waals surface area contributed by atoms with Gasteiger partial charge in [-0.1, -0.05) is 36.4 Å². The summed E-state index contributed by atoms with van der Waals surface area (Å²) in [5, 5.41) is 1.11. The minimum Gasteiger partial charge on any atom is -0.345 e. The van der Waals surface area contributed by atoms with E-state index in [-0.39, 0.29) is 17.7 Å². The Morgan fingerprint density at radius 2 is 1.86 bits per heavy atom. The lowest BCUT2D eigenvalue weighted by Crippen LogP contribution is -2.32. The van der Waals surface area contributed by atoms with Crippen LogP contribution in [0.3, 0.4) is 0 Å². The lowest BCUT2D eigenvalue weighted by Gasteiger charge is -2.21. The fraction of sp³-hybridized carbons (Fsp3) is 0.261. The zero-order chi connectivity index (χ0) is 19.7. The molecule has 0 N–H and O–H groups in total. The van der Waals surface area contributed by atoms with E-state index in [1.165, 1.54) is 0 Å². The number of rotatable bonds is 4. The van der Waals surface area contributed by atoms with Gasteiger partial charge in [0.2, 0.25) is 5.91 Å². The van der Waals surface area contributed by atoms with E-state index in [2.05, 4.69) is 6.07 Å². The zero-order valence-corrected chi connectivity index (χ0v) is 16.1. The molecule has 0 aliphatic carbocycles. The maximum atomic E-state index is 12.7. The van der Waals surface area contributed by atoms with Gasteiger partial charge in [0.25, 0.3) is 5.91 Å². The predicted octanol–water partition coefficient (Wildman–Crippen LogP) is 3.45. The average Bonchev–Trinajstić information content (AvgIpc) is 3.04. The van der Waals surface area contributed by atoms with Gasteiger partial charge >= 0.3 is 0 Å². The van der Waals surface area contributed by atoms with Gasteiger partial charge in [-0.3, -0.25) is 9.59 Å². The number of benzene rings is 2. The normalized spacial score (nSPS) is 16.6. The van der Waals surface area contributed by atoms with Crippen molar-refractivity contribution in [2.45, 2.75) is 6.42 Å². The Hall–Kier alpha value is -3.21. The summed E-state index contributed by atoms with van der Waals surface area (Å²) in [6, 6.07) is 19.6. The Morgan fingerprint density at radius 1 is 1.11 bits per heavy atom. The second kappa shape index (κ2) is 7.43. The van der Waals surface area contributed by atoms with E-state index in [1.807, 2.05) is 61.6 Å². The van der Waals surface area contributed by atoms with Crippen LogP contribution in [-0.2, 0) is 4.79 Å². The molecule has 0 radical (unpaired) electrons. The highest BCUT2D eigenvalue weighted by Gasteiger charge is 2.28. The number of pyridine rings is 1. The smallest absolute Gasteiger partial charge is 0.253 e. The van der Waals surface area contributed by atoms with E-state index in [9.17, 15) is 9.59 Å². The van der Waals surface area contributed by atoms with E-state index >= 15 is 0 Å². The summed E-state index contributed by atoms with van der Waals surface area (Å²) in [6.45, 7) is 1.30. The standard InChI is InChI=1S/C23H23N3O2/c1-25-14-16(13-22(25)27)15-26(2)23(28)19-9-7-18(8-10-19)21-12-11-17-5-3-4-6-20(17)24-21/h3-12,16H,13-15H2,1-2H3/t16-/m0/s1. The molecule has 2 heterocycles. The summed E-state index contributed by atoms with van der Waals surface area (Å²) < 4.78 is 0. The van der Waals surface area contributed by atoms with E-state index in [1.54, 1.807) is 16.8 Å². The number of carbonyl (C=O) groups excluding carboxylic acids is 2. The van der Waals surface area contributed by atoms with Crippen molar-refractivity contribution < 1.29 is 9.59 Å². The van der Waals surface area contributed by atoms with Crippen molar-refractivity contribution in [1.82, 2.24) is 14.8 Å². The maximum Gasteiger partial charge on any atom is 0.253 e. The minimum atomic E-state index is -0.0278. The Kier molecular flexibility index (Phi) is 4.82. The quantitative estimate of drug-likeness (QED) is 0.704. The predicted molar refractivity (Wildman–Crippen MR) is 110 cm³/mol. The van der Waals surface area contributed by atoms with Gasteiger partial charge in [-0.15, -0.1) is 0 Å². The van der Waals surface area contributed by atoms with Crippen molar-refractivity contribution in [2.75, 3.05) is 27.2 Å². The molecule has 28 heavy (non-hydrogen) atoms. The molecular formula is C23H23N3O2. The third kappa shape index (κ3) is 3.60. The average molecular weight is 373 g/mol. The molecule has 3 aromatic rings. The Bertz CT molecular complexity index is 1030. The number of aromatic nitrogens is 1. The van der Waals surface area contributed by atoms with Gasteiger partial charge in [-0.05, 0) is 24.3 Å². The molecule has 5 nitrogen and oxygen atoms in total. The van der Waals surface area contributed by atoms with Crippen LogP contribution in [0.5, 0.6) is 0 Å². The van der Waals surface area contributed by atoms with Crippen molar-refractivity contribution in [3.8, 4) is 11.3 Å². The van der Waals surface area contributed by atoms with Crippen molar-refractivity contribution >= 4 is 22.7 Å². The molecule has 4 rings (SSSR count). The summed E-state index contributed by atoms with van der Waals surface area (Å²) in [5.74, 6) is 0.325. The first-order valence-corrected chi connectivity index (χ1v) is 9.47. The van der Waals surface area contributed by atoms with Gasteiger partial charge < -0.3 is 9.80 Å². The number of carbonyl (C=O) groups is 2. The van der Waals surface area contributed by atoms with Crippen LogP contribution in [0.2, 0.25) is 0 Å². The van der Waals surface area contributed by atoms with Crippen LogP contribution in [0.15, 0.2) is 60.7 Å². The lowest BCUT2D eigenvalue weighted by molar-refractivity contribution is -0.126. The van der Waals surface area contributed by atoms with E-state index in [4.69, 9.17) is 4.98 Å². The Morgan fingerprint density at radius 3 is 2.57 bits per heavy atom. The number of hydrogen-bond acceptors (Lipinski definition) is 3. The number of nitrogens with zero attached hydrogens (tertiary/aromatic N) is 3. The first-order valence-electron chi connectivity index (χ1n) is 9.47. The molecule has 1 atom stereocenters. The molecule has 1 aliphatic rings. The fourth-order valence-electron chi connectivity index (χ4n) is 3.78. The summed E-state index contributed by atoms with van der Waals surface area (Å²) in [4.78, 5) is 32.6. The molecule has 2 amide bonds. The van der Waals surface area contributed by atoms with Gasteiger partial charge in [-0.25, -0.2) is 4.98 Å². The molecule has 0 bridgehead atoms. The second-order valence-corrected chi connectivity index (χ2v) is 7.50. The van der Waals surface area contributed by atoms with E-state index in [0.29, 0.717) is 25.1 Å². The number of likely N-dealkylation sites (tertiary alicyclic amines) is 1. The summed E-state index contributed by atoms with van der Waals surface area (Å²) in [7, 11) is 3.60. The summed E-state index contributed by atoms with van der Waals surface area (Å²) >= 11 is 0. The molecule has 1 aliphatic heterocycles. The third-order valence-corrected chi connectivity index (χ3v) is 5.33. The largest absolute Gasteiger partial charge is 0.345 e. The fourth-order valence-corrected chi connectivity index (χ4v) is 3.78. The molecule has 0 unspecified atom stereocenters. The van der Waals surface area contributed by atoms with E-state index in [0.717, 1.165) is 22.2 Å². The molecule has 1 fully saturated rings. The van der Waals surface area contributed by atoms with E-state index < -0.39 is 0 Å². The van der Waals surface area contributed by atoms with Crippen LogP contribution in [0, 0.1) is 5.92 Å². The van der Waals surface area contributed by atoms with Crippen LogP contribution >= 0.6 is 0 Å². The molecule has 5 heteroatoms. The molecular weight excluding hydrogens is 350 g/mol. The first-order chi connectivity index (χ1) is 13.5. The van der Waals surface area contributed by atoms with Crippen molar-refractivity contribution in [2.24, 2.45) is 5.92 Å². The molecule has 0 spiro atoms. The van der Waals surface area contributed by atoms with Gasteiger partial charge in [0.05, 0.1) is 11.2 Å². The molecule has 142 valence electrons. The Labute approximate surface area is 164 Å². The number of para-hydroxylation sites is 1. The zero-order valence-electron chi connectivity index (χ0n) is 16.1. The van der Waals surface area contributed by atoms with Gasteiger partial charge in [0.1, 0.15) is 0 Å². The number of fused-ring (bicyclic) bond motifs is 1. The highest BCUT2D eigenvalue weighted by Crippen LogP contribution is 2.22. The molecule has 1 saturated heterocycles. The highest BCUT2D eigenvalue weighted by molar-refractivity contribution is 5.94. The summed E-state index contributed by atoms with van der Waals surface area (Å²) in [6.07, 6.45) is 0.515. The number of amides is 2. The molecule has 0 saturated carbocycles. The molecule has 2 aromatic carbocycles. The van der Waals surface area contributed by atoms with Crippen LogP contribution in [-0.4, -0.2) is 53.8 Å². The van der Waals surface area contributed by atoms with Crippen molar-refractivity contribution in [3.05, 3.63) is 66.2 Å². The van der Waals surface area contributed by atoms with Crippen LogP contribution in [0.1, 0.15) is 16.8 Å². The summed E-state index contributed by atoms with van der Waals surface area (Å²) in [5.41, 5.74) is 3.47. The second-order valence-electron chi connectivity index (χ2n) is 7.50. The SMILES string of the molecule is CN1C[C@@H](CN(C)C(=O)c2ccc(-c3ccc4ccccc4n3)cc2)CC1=O. The van der Waals surface area contributed by atoms with Crippen LogP contribution < -0.4 is 0 Å². The van der Waals surface area contributed by atoms with Gasteiger partial charge in [0, 0.05) is 56.0 Å². The third-order valence-electron chi connectivity index (χ3n) is 5.33. The maximum absolute atomic E-state index is 12.7. The van der Waals surface area contributed by atoms with Crippen molar-refractivity contribution in [1.29, 1.82) is 0 Å². The van der Waals surface area contributed by atoms with Crippen LogP contribution in [0.4, 0.5) is 0 Å². The molecule has 1 aromatic heterocycles. The number of hydrogen-bond donors (Lipinski definition) is 0. The lowest BCUT2D eigenvalue weighted by atomic mass is 10.1. The van der Waals surface area contributed by atoms with Crippen LogP contribution in [0.25, 0.3) is 22.2 Å². The highest BCUT2D eigenvalue weighted by atomic mass is 16.2.